The fraction of sp³-hybridized carbons (Fsp3) is 0.529. The first-order valence-electron chi connectivity index (χ1n) is 8.08. The molecule has 2 N–H and O–H groups in total. The highest BCUT2D eigenvalue weighted by atomic mass is 32.1. The summed E-state index contributed by atoms with van der Waals surface area (Å²) >= 11 is 1.55. The van der Waals surface area contributed by atoms with E-state index in [0.717, 1.165) is 23.5 Å². The molecule has 4 atom stereocenters. The Morgan fingerprint density at radius 2 is 2.30 bits per heavy atom. The second-order valence-corrected chi connectivity index (χ2v) is 7.69. The lowest BCUT2D eigenvalue weighted by Gasteiger charge is -2.30. The summed E-state index contributed by atoms with van der Waals surface area (Å²) in [7, 11) is 0. The van der Waals surface area contributed by atoms with Crippen LogP contribution in [0.15, 0.2) is 22.1 Å². The van der Waals surface area contributed by atoms with Crippen LogP contribution in [0.2, 0.25) is 0 Å². The molecule has 2 aliphatic carbocycles. The summed E-state index contributed by atoms with van der Waals surface area (Å²) in [5, 5.41) is 15.6. The molecule has 0 saturated heterocycles. The average Bonchev–Trinajstić information content (AvgIpc) is 3.30. The van der Waals surface area contributed by atoms with Gasteiger partial charge in [0.1, 0.15) is 12.0 Å². The van der Waals surface area contributed by atoms with E-state index < -0.39 is 0 Å². The first-order valence-corrected chi connectivity index (χ1v) is 8.96. The first-order chi connectivity index (χ1) is 11.2. The zero-order valence-electron chi connectivity index (χ0n) is 13.0. The zero-order valence-corrected chi connectivity index (χ0v) is 13.8. The lowest BCUT2D eigenvalue weighted by atomic mass is 9.85. The van der Waals surface area contributed by atoms with Gasteiger partial charge in [0.05, 0.1) is 10.6 Å². The quantitative estimate of drug-likeness (QED) is 0.903. The third kappa shape index (κ3) is 2.60. The van der Waals surface area contributed by atoms with Gasteiger partial charge in [-0.1, -0.05) is 0 Å². The Bertz CT molecular complexity index is 723. The average molecular weight is 332 g/mol. The molecule has 2 bridgehead atoms. The van der Waals surface area contributed by atoms with Crippen molar-refractivity contribution < 1.29 is 14.3 Å². The molecule has 2 aromatic heterocycles. The molecular formula is C17H20N2O3S. The maximum atomic E-state index is 12.5. The number of hydrogen-bond donors (Lipinski definition) is 2. The van der Waals surface area contributed by atoms with E-state index in [0.29, 0.717) is 23.2 Å². The molecule has 6 heteroatoms. The zero-order chi connectivity index (χ0) is 16.0. The van der Waals surface area contributed by atoms with Gasteiger partial charge in [-0.25, -0.2) is 4.98 Å². The van der Waals surface area contributed by atoms with E-state index >= 15 is 0 Å². The Morgan fingerprint density at radius 3 is 3.04 bits per heavy atom. The van der Waals surface area contributed by atoms with Crippen LogP contribution in [-0.2, 0) is 0 Å². The summed E-state index contributed by atoms with van der Waals surface area (Å²) in [6.45, 7) is 2.09. The Kier molecular flexibility index (Phi) is 3.73. The van der Waals surface area contributed by atoms with Crippen molar-refractivity contribution in [2.24, 2.45) is 17.8 Å². The van der Waals surface area contributed by atoms with Crippen LogP contribution >= 0.6 is 11.3 Å². The van der Waals surface area contributed by atoms with Gasteiger partial charge in [0.15, 0.2) is 5.76 Å². The minimum absolute atomic E-state index is 0.0890. The summed E-state index contributed by atoms with van der Waals surface area (Å²) in [6, 6.07) is 1.83. The number of aliphatic hydroxyl groups is 1. The number of rotatable bonds is 4. The van der Waals surface area contributed by atoms with Crippen LogP contribution in [0.1, 0.15) is 34.6 Å². The number of carbonyl (C=O) groups is 1. The van der Waals surface area contributed by atoms with Gasteiger partial charge in [-0.3, -0.25) is 4.79 Å². The Hall–Kier alpha value is -1.66. The summed E-state index contributed by atoms with van der Waals surface area (Å²) in [5.74, 6) is 1.77. The fourth-order valence-corrected chi connectivity index (χ4v) is 4.80. The number of aliphatic hydroxyl groups excluding tert-OH is 1. The van der Waals surface area contributed by atoms with Gasteiger partial charge in [-0.2, -0.15) is 0 Å². The van der Waals surface area contributed by atoms with Crippen molar-refractivity contribution in [2.45, 2.75) is 32.2 Å². The van der Waals surface area contributed by atoms with Crippen LogP contribution in [0.25, 0.3) is 11.5 Å². The minimum atomic E-state index is -0.122. The molecule has 4 rings (SSSR count). The molecule has 0 spiro atoms. The molecule has 2 saturated carbocycles. The van der Waals surface area contributed by atoms with Crippen LogP contribution < -0.4 is 5.32 Å². The van der Waals surface area contributed by atoms with E-state index in [4.69, 9.17) is 4.42 Å². The van der Waals surface area contributed by atoms with Crippen molar-refractivity contribution >= 4 is 17.2 Å². The number of thiazole rings is 1. The normalized spacial score (nSPS) is 29.1. The Labute approximate surface area is 138 Å². The smallest absolute Gasteiger partial charge is 0.254 e. The predicted octanol–water partition coefficient (Wildman–Crippen LogP) is 2.85. The van der Waals surface area contributed by atoms with E-state index in [1.807, 2.05) is 12.3 Å². The summed E-state index contributed by atoms with van der Waals surface area (Å²) < 4.78 is 5.50. The molecular weight excluding hydrogens is 312 g/mol. The molecule has 0 radical (unpaired) electrons. The van der Waals surface area contributed by atoms with Crippen LogP contribution in [-0.4, -0.2) is 28.6 Å². The van der Waals surface area contributed by atoms with Gasteiger partial charge < -0.3 is 14.8 Å². The number of nitrogens with one attached hydrogen (secondary N) is 1. The van der Waals surface area contributed by atoms with Gasteiger partial charge >= 0.3 is 0 Å². The summed E-state index contributed by atoms with van der Waals surface area (Å²) in [5.41, 5.74) is 1.28. The molecule has 23 heavy (non-hydrogen) atoms. The monoisotopic (exact) mass is 332 g/mol. The predicted molar refractivity (Wildman–Crippen MR) is 87.2 cm³/mol. The van der Waals surface area contributed by atoms with Gasteiger partial charge in [-0.05, 0) is 44.1 Å². The third-order valence-electron chi connectivity index (χ3n) is 5.33. The van der Waals surface area contributed by atoms with Crippen molar-refractivity contribution in [3.63, 3.8) is 0 Å². The number of carbonyl (C=O) groups excluding carboxylic acids is 1. The molecule has 0 aromatic carbocycles. The molecule has 1 amide bonds. The Morgan fingerprint density at radius 1 is 1.48 bits per heavy atom. The largest absolute Gasteiger partial charge is 0.462 e. The highest BCUT2D eigenvalue weighted by Crippen LogP contribution is 2.48. The lowest BCUT2D eigenvalue weighted by molar-refractivity contribution is 0.0861. The van der Waals surface area contributed by atoms with E-state index in [9.17, 15) is 9.90 Å². The van der Waals surface area contributed by atoms with E-state index in [1.165, 1.54) is 12.7 Å². The summed E-state index contributed by atoms with van der Waals surface area (Å²) in [4.78, 5) is 16.9. The SMILES string of the molecule is Cc1nc(-c2cc(C(=O)NC3C4CCC(C4)C3CO)co2)cs1. The summed E-state index contributed by atoms with van der Waals surface area (Å²) in [6.07, 6.45) is 4.95. The topological polar surface area (TPSA) is 75.4 Å². The number of fused-ring (bicyclic) bond motifs is 2. The molecule has 122 valence electrons. The van der Waals surface area contributed by atoms with Crippen molar-refractivity contribution in [3.8, 4) is 11.5 Å². The molecule has 4 unspecified atom stereocenters. The maximum absolute atomic E-state index is 12.5. The van der Waals surface area contributed by atoms with Gasteiger partial charge in [-0.15, -0.1) is 11.3 Å². The van der Waals surface area contributed by atoms with Crippen molar-refractivity contribution in [2.75, 3.05) is 6.61 Å². The number of hydrogen-bond acceptors (Lipinski definition) is 5. The molecule has 2 heterocycles. The van der Waals surface area contributed by atoms with Gasteiger partial charge in [0.25, 0.3) is 5.91 Å². The van der Waals surface area contributed by atoms with Crippen molar-refractivity contribution in [1.82, 2.24) is 10.3 Å². The number of aryl methyl sites for hydroxylation is 1. The second kappa shape index (κ2) is 5.76. The van der Waals surface area contributed by atoms with Crippen LogP contribution in [0, 0.1) is 24.7 Å². The molecule has 2 aliphatic rings. The lowest BCUT2D eigenvalue weighted by Crippen LogP contribution is -2.45. The highest BCUT2D eigenvalue weighted by Gasteiger charge is 2.47. The maximum Gasteiger partial charge on any atom is 0.254 e. The molecule has 2 aromatic rings. The number of furan rings is 1. The van der Waals surface area contributed by atoms with E-state index in [2.05, 4.69) is 10.3 Å². The highest BCUT2D eigenvalue weighted by molar-refractivity contribution is 7.09. The number of amides is 1. The second-order valence-electron chi connectivity index (χ2n) is 6.63. The third-order valence-corrected chi connectivity index (χ3v) is 6.10. The van der Waals surface area contributed by atoms with Crippen LogP contribution in [0.4, 0.5) is 0 Å². The van der Waals surface area contributed by atoms with E-state index in [-0.39, 0.29) is 24.5 Å². The van der Waals surface area contributed by atoms with E-state index in [1.54, 1.807) is 17.4 Å². The Balaban J connectivity index is 1.48. The van der Waals surface area contributed by atoms with Crippen LogP contribution in [0.5, 0.6) is 0 Å². The minimum Gasteiger partial charge on any atom is -0.462 e. The fourth-order valence-electron chi connectivity index (χ4n) is 4.20. The molecule has 5 nitrogen and oxygen atoms in total. The molecule has 0 aliphatic heterocycles. The van der Waals surface area contributed by atoms with Crippen molar-refractivity contribution in [3.05, 3.63) is 28.3 Å². The standard InChI is InChI=1S/C17H20N2O3S/c1-9-18-14(8-23-9)15-5-12(7-22-15)17(21)19-16-11-3-2-10(4-11)13(16)6-20/h5,7-8,10-11,13,16,20H,2-4,6H2,1H3,(H,19,21). The number of nitrogens with zero attached hydrogens (tertiary/aromatic N) is 1. The van der Waals surface area contributed by atoms with Crippen molar-refractivity contribution in [1.29, 1.82) is 0 Å². The van der Waals surface area contributed by atoms with Gasteiger partial charge in [0.2, 0.25) is 0 Å². The molecule has 2 fully saturated rings. The first kappa shape index (κ1) is 14.9. The number of aromatic nitrogens is 1. The van der Waals surface area contributed by atoms with Crippen LogP contribution in [0.3, 0.4) is 0 Å². The van der Waals surface area contributed by atoms with Gasteiger partial charge in [0, 0.05) is 23.9 Å².